The number of nitrogens with one attached hydrogen (secondary N) is 1. The fourth-order valence-corrected chi connectivity index (χ4v) is 7.09. The number of hydrogen-bond acceptors (Lipinski definition) is 7. The van der Waals surface area contributed by atoms with Gasteiger partial charge in [0.15, 0.2) is 5.60 Å². The minimum atomic E-state index is -1.95. The first-order chi connectivity index (χ1) is 19.2. The van der Waals surface area contributed by atoms with Crippen molar-refractivity contribution in [2.75, 3.05) is 6.61 Å². The molecule has 2 aliphatic carbocycles. The molecule has 9 nitrogen and oxygen atoms in total. The van der Waals surface area contributed by atoms with Gasteiger partial charge in [-0.05, 0) is 67.7 Å². The van der Waals surface area contributed by atoms with Crippen LogP contribution in [0.1, 0.15) is 72.0 Å². The van der Waals surface area contributed by atoms with Crippen molar-refractivity contribution in [3.63, 3.8) is 0 Å². The number of benzene rings is 1. The molecule has 3 aromatic rings. The van der Waals surface area contributed by atoms with Gasteiger partial charge in [-0.3, -0.25) is 9.59 Å². The average Bonchev–Trinajstić information content (AvgIpc) is 3.28. The van der Waals surface area contributed by atoms with Crippen LogP contribution in [0.4, 0.5) is 4.39 Å². The number of aryl methyl sites for hydroxylation is 1. The molecule has 10 heteroatoms. The molecule has 0 saturated heterocycles. The zero-order valence-corrected chi connectivity index (χ0v) is 22.3. The molecular weight excluding hydrogens is 517 g/mol. The SMILES string of the molecule is CC[C@@]1(O)C(=O)OCc2c1cc1n(c2=O)Cc2c-1nc1cc(F)c(C)c3c1c2[C@@H](NC(=O)C1CC(CO)C1)CC3. The van der Waals surface area contributed by atoms with Crippen molar-refractivity contribution in [3.05, 3.63) is 61.7 Å². The lowest BCUT2D eigenvalue weighted by Crippen LogP contribution is -2.44. The smallest absolute Gasteiger partial charge is 0.343 e. The zero-order chi connectivity index (χ0) is 28.1. The number of fused-ring (bicyclic) bond motifs is 5. The van der Waals surface area contributed by atoms with E-state index >= 15 is 4.39 Å². The summed E-state index contributed by atoms with van der Waals surface area (Å²) in [4.78, 5) is 44.3. The number of amides is 1. The number of halogens is 1. The van der Waals surface area contributed by atoms with E-state index in [1.807, 2.05) is 0 Å². The van der Waals surface area contributed by atoms with Crippen LogP contribution >= 0.6 is 0 Å². The van der Waals surface area contributed by atoms with E-state index in [-0.39, 0.29) is 72.5 Å². The summed E-state index contributed by atoms with van der Waals surface area (Å²) < 4.78 is 21.8. The molecule has 4 aliphatic rings. The van der Waals surface area contributed by atoms with Crippen molar-refractivity contribution in [1.82, 2.24) is 14.9 Å². The van der Waals surface area contributed by atoms with Crippen LogP contribution in [0.15, 0.2) is 16.9 Å². The average molecular weight is 548 g/mol. The number of nitrogens with zero attached hydrogens (tertiary/aromatic N) is 2. The second-order valence-electron chi connectivity index (χ2n) is 11.6. The topological polar surface area (TPSA) is 131 Å². The number of esters is 1. The largest absolute Gasteiger partial charge is 0.458 e. The Morgan fingerprint density at radius 2 is 2.02 bits per heavy atom. The molecule has 1 amide bonds. The number of aliphatic hydroxyl groups excluding tert-OH is 1. The van der Waals surface area contributed by atoms with E-state index < -0.39 is 11.6 Å². The van der Waals surface area contributed by atoms with E-state index in [4.69, 9.17) is 9.72 Å². The van der Waals surface area contributed by atoms with E-state index in [0.29, 0.717) is 48.2 Å². The number of pyridine rings is 2. The van der Waals surface area contributed by atoms with E-state index in [0.717, 1.165) is 22.1 Å². The van der Waals surface area contributed by atoms with Crippen LogP contribution in [0.3, 0.4) is 0 Å². The highest BCUT2D eigenvalue weighted by molar-refractivity contribution is 5.94. The number of aliphatic hydroxyl groups is 2. The second kappa shape index (κ2) is 8.68. The van der Waals surface area contributed by atoms with Gasteiger partial charge in [-0.15, -0.1) is 0 Å². The van der Waals surface area contributed by atoms with Crippen LogP contribution < -0.4 is 10.9 Å². The van der Waals surface area contributed by atoms with Gasteiger partial charge in [0.05, 0.1) is 35.1 Å². The molecule has 7 rings (SSSR count). The molecule has 2 aliphatic heterocycles. The van der Waals surface area contributed by atoms with E-state index in [2.05, 4.69) is 5.32 Å². The first-order valence-electron chi connectivity index (χ1n) is 13.9. The molecule has 0 unspecified atom stereocenters. The molecule has 0 radical (unpaired) electrons. The first kappa shape index (κ1) is 25.3. The number of carbonyl (C=O) groups is 2. The summed E-state index contributed by atoms with van der Waals surface area (Å²) in [6, 6.07) is 2.69. The number of cyclic esters (lactones) is 1. The maximum atomic E-state index is 15.0. The van der Waals surface area contributed by atoms with Gasteiger partial charge in [0, 0.05) is 35.1 Å². The monoisotopic (exact) mass is 547 g/mol. The van der Waals surface area contributed by atoms with Crippen molar-refractivity contribution in [2.24, 2.45) is 11.8 Å². The van der Waals surface area contributed by atoms with E-state index in [1.54, 1.807) is 24.5 Å². The summed E-state index contributed by atoms with van der Waals surface area (Å²) in [5.41, 5.74) is 2.54. The Labute approximate surface area is 229 Å². The molecule has 1 fully saturated rings. The Balaban J connectivity index is 1.42. The summed E-state index contributed by atoms with van der Waals surface area (Å²) in [5.74, 6) is -1.24. The van der Waals surface area contributed by atoms with E-state index in [1.165, 1.54) is 6.07 Å². The molecule has 1 saturated carbocycles. The molecule has 4 heterocycles. The number of ether oxygens (including phenoxy) is 1. The molecular formula is C30H30FN3O6. The predicted molar refractivity (Wildman–Crippen MR) is 142 cm³/mol. The summed E-state index contributed by atoms with van der Waals surface area (Å²) in [6.45, 7) is 3.45. The van der Waals surface area contributed by atoms with Crippen LogP contribution in [-0.2, 0) is 39.5 Å². The molecule has 208 valence electrons. The van der Waals surface area contributed by atoms with Crippen molar-refractivity contribution in [3.8, 4) is 11.4 Å². The lowest BCUT2D eigenvalue weighted by Gasteiger charge is -2.35. The quantitative estimate of drug-likeness (QED) is 0.335. The summed E-state index contributed by atoms with van der Waals surface area (Å²) in [7, 11) is 0. The summed E-state index contributed by atoms with van der Waals surface area (Å²) >= 11 is 0. The Bertz CT molecular complexity index is 1710. The van der Waals surface area contributed by atoms with Crippen LogP contribution in [0, 0.1) is 24.6 Å². The van der Waals surface area contributed by atoms with Gasteiger partial charge in [-0.2, -0.15) is 0 Å². The van der Waals surface area contributed by atoms with Gasteiger partial charge >= 0.3 is 5.97 Å². The fourth-order valence-electron chi connectivity index (χ4n) is 7.09. The highest BCUT2D eigenvalue weighted by Crippen LogP contribution is 2.46. The number of carbonyl (C=O) groups excluding carboxylic acids is 2. The van der Waals surface area contributed by atoms with Gasteiger partial charge < -0.3 is 24.8 Å². The Hall–Kier alpha value is -3.63. The predicted octanol–water partition coefficient (Wildman–Crippen LogP) is 2.65. The standard InChI is InChI=1S/C30H30FN3O6/c1-3-30(39)19-8-23-26-17(10-34(23)28(37)18(19)12-40-29(30)38)25-21(33-27(36)15-6-14(7-15)11-35)5-4-16-13(2)20(31)9-22(32-26)24(16)25/h8-9,14-15,21,35,39H,3-7,10-12H2,1-2H3,(H,33,36)/t14?,15?,21-,30-/m0/s1. The van der Waals surface area contributed by atoms with Crippen molar-refractivity contribution in [2.45, 2.75) is 70.7 Å². The Kier molecular flexibility index (Phi) is 5.50. The molecule has 0 spiro atoms. The van der Waals surface area contributed by atoms with Gasteiger partial charge in [0.2, 0.25) is 5.91 Å². The third kappa shape index (κ3) is 3.32. The van der Waals surface area contributed by atoms with Crippen molar-refractivity contribution >= 4 is 22.8 Å². The maximum Gasteiger partial charge on any atom is 0.343 e. The molecule has 3 N–H and O–H groups in total. The minimum Gasteiger partial charge on any atom is -0.458 e. The normalized spacial score (nSPS) is 26.0. The molecule has 40 heavy (non-hydrogen) atoms. The van der Waals surface area contributed by atoms with Crippen LogP contribution in [0.5, 0.6) is 0 Å². The maximum absolute atomic E-state index is 15.0. The molecule has 1 aromatic carbocycles. The van der Waals surface area contributed by atoms with Gasteiger partial charge in [0.1, 0.15) is 12.4 Å². The Morgan fingerprint density at radius 3 is 2.75 bits per heavy atom. The van der Waals surface area contributed by atoms with Crippen LogP contribution in [-0.4, -0.2) is 38.2 Å². The fraction of sp³-hybridized carbons (Fsp3) is 0.467. The zero-order valence-electron chi connectivity index (χ0n) is 22.3. The lowest BCUT2D eigenvalue weighted by atomic mass is 9.74. The first-order valence-corrected chi connectivity index (χ1v) is 13.9. The lowest BCUT2D eigenvalue weighted by molar-refractivity contribution is -0.172. The molecule has 2 aromatic heterocycles. The number of rotatable bonds is 4. The van der Waals surface area contributed by atoms with Crippen LogP contribution in [0.25, 0.3) is 22.3 Å². The number of aromatic nitrogens is 2. The van der Waals surface area contributed by atoms with Gasteiger partial charge in [-0.25, -0.2) is 14.2 Å². The number of hydrogen-bond donors (Lipinski definition) is 3. The Morgan fingerprint density at radius 1 is 1.25 bits per heavy atom. The summed E-state index contributed by atoms with van der Waals surface area (Å²) in [6.07, 6.45) is 2.48. The van der Waals surface area contributed by atoms with Crippen LogP contribution in [0.2, 0.25) is 0 Å². The highest BCUT2D eigenvalue weighted by atomic mass is 19.1. The minimum absolute atomic E-state index is 0.0330. The second-order valence-corrected chi connectivity index (χ2v) is 11.6. The third-order valence-electron chi connectivity index (χ3n) is 9.56. The van der Waals surface area contributed by atoms with Crippen molar-refractivity contribution in [1.29, 1.82) is 0 Å². The van der Waals surface area contributed by atoms with Gasteiger partial charge in [0.25, 0.3) is 5.56 Å². The molecule has 0 bridgehead atoms. The van der Waals surface area contributed by atoms with E-state index in [9.17, 15) is 24.6 Å². The van der Waals surface area contributed by atoms with Crippen molar-refractivity contribution < 1.29 is 28.9 Å². The summed E-state index contributed by atoms with van der Waals surface area (Å²) in [5, 5.41) is 24.6. The van der Waals surface area contributed by atoms with Gasteiger partial charge in [-0.1, -0.05) is 6.92 Å². The highest BCUT2D eigenvalue weighted by Gasteiger charge is 2.46. The third-order valence-corrected chi connectivity index (χ3v) is 9.56. The molecule has 2 atom stereocenters.